The topological polar surface area (TPSA) is 189 Å². The number of H-pyrrole nitrogens is 2. The SMILES string of the molecule is COC(=O)N[C@H](C(=O)N1CCC[C@H]1c1ncc(-c2ccc3c(c2)C(N(C)C)c2cc(-c4cnc([C@@H]5CCCN5C(=O)[C@@H](NC(=O)O)C(C)C)[nH]4)ccc2-3)[nH]1)C(C)C. The van der Waals surface area contributed by atoms with Crippen molar-refractivity contribution in [2.45, 2.75) is 83.6 Å². The molecule has 3 aliphatic rings. The van der Waals surface area contributed by atoms with Gasteiger partial charge < -0.3 is 40.2 Å². The molecule has 0 radical (unpaired) electrons. The molecular formula is C42H53N9O6. The number of hydrogen-bond donors (Lipinski definition) is 5. The van der Waals surface area contributed by atoms with Gasteiger partial charge in [0, 0.05) is 13.1 Å². The quantitative estimate of drug-likeness (QED) is 0.120. The van der Waals surface area contributed by atoms with Crippen LogP contribution in [0, 0.1) is 11.8 Å². The normalized spacial score (nSPS) is 19.9. The van der Waals surface area contributed by atoms with E-state index in [1.165, 1.54) is 18.2 Å². The number of methoxy groups -OCH3 is 1. The molecule has 15 nitrogen and oxygen atoms in total. The average Bonchev–Trinajstić information content (AvgIpc) is 4.03. The van der Waals surface area contributed by atoms with E-state index in [-0.39, 0.29) is 41.8 Å². The molecule has 1 aliphatic carbocycles. The summed E-state index contributed by atoms with van der Waals surface area (Å²) in [5.74, 6) is 0.710. The number of likely N-dealkylation sites (tertiary alicyclic amines) is 2. The highest BCUT2D eigenvalue weighted by atomic mass is 16.5. The number of rotatable bonds is 11. The molecule has 15 heteroatoms. The lowest BCUT2D eigenvalue weighted by Gasteiger charge is -2.30. The molecule has 2 fully saturated rings. The van der Waals surface area contributed by atoms with E-state index in [9.17, 15) is 24.3 Å². The van der Waals surface area contributed by atoms with Crippen molar-refractivity contribution in [1.29, 1.82) is 0 Å². The number of nitrogens with zero attached hydrogens (tertiary/aromatic N) is 5. The number of nitrogens with one attached hydrogen (secondary N) is 4. The lowest BCUT2D eigenvalue weighted by Crippen LogP contribution is -2.51. The van der Waals surface area contributed by atoms with Gasteiger partial charge in [-0.2, -0.15) is 0 Å². The Bertz CT molecular complexity index is 2160. The summed E-state index contributed by atoms with van der Waals surface area (Å²) in [6.07, 6.45) is 4.95. The second-order valence-electron chi connectivity index (χ2n) is 16.2. The molecule has 7 rings (SSSR count). The molecule has 0 spiro atoms. The van der Waals surface area contributed by atoms with E-state index in [0.29, 0.717) is 18.9 Å². The first-order valence-electron chi connectivity index (χ1n) is 19.8. The number of aromatic amines is 2. The molecule has 1 unspecified atom stereocenters. The summed E-state index contributed by atoms with van der Waals surface area (Å²) < 4.78 is 4.78. The minimum Gasteiger partial charge on any atom is -0.465 e. The summed E-state index contributed by atoms with van der Waals surface area (Å²) >= 11 is 0. The Morgan fingerprint density at radius 2 is 1.23 bits per heavy atom. The average molecular weight is 780 g/mol. The van der Waals surface area contributed by atoms with Crippen LogP contribution in [-0.2, 0) is 14.3 Å². The molecule has 5 atom stereocenters. The van der Waals surface area contributed by atoms with Crippen molar-refractivity contribution in [2.75, 3.05) is 34.3 Å². The third-order valence-electron chi connectivity index (χ3n) is 11.6. The number of benzene rings is 2. The number of carbonyl (C=O) groups is 4. The maximum Gasteiger partial charge on any atom is 0.407 e. The summed E-state index contributed by atoms with van der Waals surface area (Å²) in [5, 5.41) is 14.5. The minimum absolute atomic E-state index is 0.0180. The van der Waals surface area contributed by atoms with Gasteiger partial charge in [-0.05, 0) is 97.1 Å². The number of fused-ring (bicyclic) bond motifs is 3. The number of aromatic nitrogens is 4. The Morgan fingerprint density at radius 3 is 1.63 bits per heavy atom. The fraction of sp³-hybridized carbons (Fsp3) is 0.476. The molecule has 2 aromatic heterocycles. The molecule has 0 saturated carbocycles. The van der Waals surface area contributed by atoms with E-state index >= 15 is 0 Å². The lowest BCUT2D eigenvalue weighted by atomic mass is 10.00. The van der Waals surface area contributed by atoms with Crippen LogP contribution in [0.1, 0.15) is 94.3 Å². The van der Waals surface area contributed by atoms with Crippen LogP contribution in [0.2, 0.25) is 0 Å². The first kappa shape index (κ1) is 39.5. The van der Waals surface area contributed by atoms with E-state index in [1.807, 2.05) is 45.0 Å². The molecule has 2 aromatic carbocycles. The fourth-order valence-corrected chi connectivity index (χ4v) is 8.77. The molecule has 302 valence electrons. The third-order valence-corrected chi connectivity index (χ3v) is 11.6. The van der Waals surface area contributed by atoms with Crippen LogP contribution in [-0.4, -0.2) is 110 Å². The summed E-state index contributed by atoms with van der Waals surface area (Å²) in [7, 11) is 5.44. The van der Waals surface area contributed by atoms with Crippen LogP contribution in [0.5, 0.6) is 0 Å². The summed E-state index contributed by atoms with van der Waals surface area (Å²) in [6.45, 7) is 8.60. The molecule has 0 bridgehead atoms. The maximum absolute atomic E-state index is 13.7. The van der Waals surface area contributed by atoms with Crippen LogP contribution in [0.4, 0.5) is 9.59 Å². The van der Waals surface area contributed by atoms with Crippen molar-refractivity contribution in [1.82, 2.24) is 45.3 Å². The molecule has 4 amide bonds. The van der Waals surface area contributed by atoms with Crippen LogP contribution in [0.15, 0.2) is 48.8 Å². The number of ether oxygens (including phenoxy) is 1. The molecular weight excluding hydrogens is 727 g/mol. The van der Waals surface area contributed by atoms with Gasteiger partial charge in [-0.15, -0.1) is 0 Å². The summed E-state index contributed by atoms with van der Waals surface area (Å²) in [4.78, 5) is 73.0. The lowest BCUT2D eigenvalue weighted by molar-refractivity contribution is -0.136. The Morgan fingerprint density at radius 1 is 0.772 bits per heavy atom. The highest BCUT2D eigenvalue weighted by Crippen LogP contribution is 2.48. The van der Waals surface area contributed by atoms with Gasteiger partial charge in [0.25, 0.3) is 0 Å². The monoisotopic (exact) mass is 779 g/mol. The highest BCUT2D eigenvalue weighted by molar-refractivity contribution is 5.87. The number of carbonyl (C=O) groups excluding carboxylic acids is 3. The Labute approximate surface area is 332 Å². The van der Waals surface area contributed by atoms with Crippen molar-refractivity contribution in [3.05, 3.63) is 71.6 Å². The zero-order valence-corrected chi connectivity index (χ0v) is 33.6. The smallest absolute Gasteiger partial charge is 0.407 e. The second kappa shape index (κ2) is 16.0. The first-order chi connectivity index (χ1) is 27.3. The van der Waals surface area contributed by atoms with Gasteiger partial charge in [-0.1, -0.05) is 52.0 Å². The first-order valence-corrected chi connectivity index (χ1v) is 19.8. The predicted octanol–water partition coefficient (Wildman–Crippen LogP) is 6.10. The summed E-state index contributed by atoms with van der Waals surface area (Å²) in [5.41, 5.74) is 8.32. The van der Waals surface area contributed by atoms with Gasteiger partial charge in [0.1, 0.15) is 23.7 Å². The van der Waals surface area contributed by atoms with Crippen LogP contribution < -0.4 is 10.6 Å². The van der Waals surface area contributed by atoms with Crippen LogP contribution in [0.25, 0.3) is 33.6 Å². The van der Waals surface area contributed by atoms with Gasteiger partial charge >= 0.3 is 12.2 Å². The van der Waals surface area contributed by atoms with Crippen molar-refractivity contribution in [2.24, 2.45) is 11.8 Å². The van der Waals surface area contributed by atoms with Crippen molar-refractivity contribution < 1.29 is 29.0 Å². The second-order valence-corrected chi connectivity index (χ2v) is 16.2. The van der Waals surface area contributed by atoms with Crippen LogP contribution in [0.3, 0.4) is 0 Å². The standard InChI is InChI=1S/C42H53N9O6/c1-22(2)34(47-41(54)55)39(52)50-16-8-10-32(50)37-43-20-30(45-37)24-12-14-26-27-15-13-25(19-29(27)36(49(5)6)28(26)18-24)31-21-44-38(46-31)33-11-9-17-51(33)40(53)35(23(3)4)48-42(56)57-7/h12-15,18-23,32-36,47H,8-11,16-17H2,1-7H3,(H,43,45)(H,44,46)(H,48,56)(H,54,55)/t32-,33-,34-,35-,36?/m0/s1. The predicted molar refractivity (Wildman–Crippen MR) is 214 cm³/mol. The maximum atomic E-state index is 13.7. The molecule has 2 aliphatic heterocycles. The molecule has 2 saturated heterocycles. The van der Waals surface area contributed by atoms with Crippen molar-refractivity contribution in [3.8, 4) is 33.6 Å². The zero-order chi connectivity index (χ0) is 40.7. The Hall–Kier alpha value is -5.70. The van der Waals surface area contributed by atoms with Gasteiger partial charge in [-0.25, -0.2) is 19.6 Å². The largest absolute Gasteiger partial charge is 0.465 e. The van der Waals surface area contributed by atoms with E-state index in [4.69, 9.17) is 14.7 Å². The van der Waals surface area contributed by atoms with Gasteiger partial charge in [0.2, 0.25) is 11.8 Å². The highest BCUT2D eigenvalue weighted by Gasteiger charge is 2.39. The number of amides is 4. The number of alkyl carbamates (subject to hydrolysis) is 1. The Balaban J connectivity index is 1.11. The number of hydrogen-bond acceptors (Lipinski definition) is 8. The van der Waals surface area contributed by atoms with Crippen molar-refractivity contribution in [3.63, 3.8) is 0 Å². The number of carboxylic acid groups (broad SMARTS) is 1. The van der Waals surface area contributed by atoms with Gasteiger partial charge in [-0.3, -0.25) is 14.5 Å². The molecule has 4 heterocycles. The fourth-order valence-electron chi connectivity index (χ4n) is 8.77. The van der Waals surface area contributed by atoms with Crippen molar-refractivity contribution >= 4 is 24.0 Å². The van der Waals surface area contributed by atoms with E-state index < -0.39 is 24.3 Å². The van der Waals surface area contributed by atoms with E-state index in [2.05, 4.69) is 76.0 Å². The van der Waals surface area contributed by atoms with E-state index in [0.717, 1.165) is 65.1 Å². The van der Waals surface area contributed by atoms with E-state index in [1.54, 1.807) is 4.90 Å². The zero-order valence-electron chi connectivity index (χ0n) is 33.6. The molecule has 57 heavy (non-hydrogen) atoms. The summed E-state index contributed by atoms with van der Waals surface area (Å²) in [6, 6.07) is 10.9. The third kappa shape index (κ3) is 7.59. The Kier molecular flexibility index (Phi) is 11.1. The molecule has 5 N–H and O–H groups in total. The van der Waals surface area contributed by atoms with Gasteiger partial charge in [0.05, 0.1) is 49.0 Å². The van der Waals surface area contributed by atoms with Crippen LogP contribution >= 0.6 is 0 Å². The molecule has 4 aromatic rings. The van der Waals surface area contributed by atoms with Gasteiger partial charge in [0.15, 0.2) is 0 Å². The minimum atomic E-state index is -1.21. The number of imidazole rings is 2.